The fraction of sp³-hybridized carbons (Fsp3) is 0.750. The average molecular weight is 224 g/mol. The van der Waals surface area contributed by atoms with Crippen molar-refractivity contribution >= 4 is 11.3 Å². The van der Waals surface area contributed by atoms with Gasteiger partial charge in [-0.15, -0.1) is 11.3 Å². The van der Waals surface area contributed by atoms with Crippen LogP contribution in [0, 0.1) is 5.92 Å². The lowest BCUT2D eigenvalue weighted by molar-refractivity contribution is 0.471. The Hall–Kier alpha value is -0.410. The summed E-state index contributed by atoms with van der Waals surface area (Å²) >= 11 is 1.76. The molecule has 0 radical (unpaired) electrons. The molecule has 1 N–H and O–H groups in total. The Bertz CT molecular complexity index is 280. The Balaban J connectivity index is 1.67. The van der Waals surface area contributed by atoms with Gasteiger partial charge in [-0.05, 0) is 19.3 Å². The predicted octanol–water partition coefficient (Wildman–Crippen LogP) is 3.02. The maximum atomic E-state index is 4.35. The second-order valence-electron chi connectivity index (χ2n) is 4.76. The molecule has 15 heavy (non-hydrogen) atoms. The summed E-state index contributed by atoms with van der Waals surface area (Å²) in [7, 11) is 0. The molecule has 2 nitrogen and oxygen atoms in total. The molecule has 0 spiro atoms. The zero-order valence-electron chi connectivity index (χ0n) is 9.57. The summed E-state index contributed by atoms with van der Waals surface area (Å²) in [6.07, 6.45) is 6.15. The van der Waals surface area contributed by atoms with Crippen LogP contribution >= 0.6 is 11.3 Å². The highest BCUT2D eigenvalue weighted by atomic mass is 32.1. The van der Waals surface area contributed by atoms with E-state index in [9.17, 15) is 0 Å². The monoisotopic (exact) mass is 224 g/mol. The molecule has 2 atom stereocenters. The summed E-state index contributed by atoms with van der Waals surface area (Å²) in [5, 5.41) is 6.91. The Kier molecular flexibility index (Phi) is 3.76. The Morgan fingerprint density at radius 1 is 1.53 bits per heavy atom. The van der Waals surface area contributed by atoms with Gasteiger partial charge in [-0.25, -0.2) is 4.98 Å². The summed E-state index contributed by atoms with van der Waals surface area (Å²) in [5.74, 6) is 1.56. The van der Waals surface area contributed by atoms with E-state index in [4.69, 9.17) is 0 Å². The van der Waals surface area contributed by atoms with E-state index in [0.717, 1.165) is 12.5 Å². The normalized spacial score (nSPS) is 20.1. The van der Waals surface area contributed by atoms with Crippen LogP contribution in [0.2, 0.25) is 0 Å². The summed E-state index contributed by atoms with van der Waals surface area (Å²) in [5.41, 5.74) is 0. The number of thiazole rings is 1. The highest BCUT2D eigenvalue weighted by Gasteiger charge is 2.23. The number of rotatable bonds is 6. The highest BCUT2D eigenvalue weighted by molar-refractivity contribution is 7.09. The van der Waals surface area contributed by atoms with E-state index in [0.29, 0.717) is 12.0 Å². The molecule has 1 saturated carbocycles. The van der Waals surface area contributed by atoms with Crippen LogP contribution in [0.4, 0.5) is 0 Å². The van der Waals surface area contributed by atoms with Crippen molar-refractivity contribution in [1.82, 2.24) is 10.3 Å². The fourth-order valence-corrected chi connectivity index (χ4v) is 2.58. The van der Waals surface area contributed by atoms with E-state index in [1.165, 1.54) is 24.3 Å². The van der Waals surface area contributed by atoms with Gasteiger partial charge in [0.05, 0.1) is 5.01 Å². The minimum Gasteiger partial charge on any atom is -0.314 e. The molecule has 0 amide bonds. The lowest BCUT2D eigenvalue weighted by Crippen LogP contribution is -2.30. The fourth-order valence-electron chi connectivity index (χ4n) is 1.88. The Morgan fingerprint density at radius 3 is 2.93 bits per heavy atom. The van der Waals surface area contributed by atoms with Crippen LogP contribution in [0.25, 0.3) is 0 Å². The van der Waals surface area contributed by atoms with E-state index in [-0.39, 0.29) is 0 Å². The molecule has 1 aliphatic carbocycles. The first kappa shape index (κ1) is 11.1. The topological polar surface area (TPSA) is 24.9 Å². The highest BCUT2D eigenvalue weighted by Crippen LogP contribution is 2.33. The van der Waals surface area contributed by atoms with Gasteiger partial charge in [-0.3, -0.25) is 0 Å². The van der Waals surface area contributed by atoms with Gasteiger partial charge in [0.1, 0.15) is 0 Å². The van der Waals surface area contributed by atoms with Crippen LogP contribution in [-0.2, 0) is 0 Å². The number of hydrogen-bond donors (Lipinski definition) is 1. The average Bonchev–Trinajstić information content (AvgIpc) is 2.86. The number of hydrogen-bond acceptors (Lipinski definition) is 3. The molecule has 2 unspecified atom stereocenters. The van der Waals surface area contributed by atoms with Gasteiger partial charge < -0.3 is 5.32 Å². The molecule has 0 bridgehead atoms. The first-order valence-corrected chi connectivity index (χ1v) is 6.76. The largest absolute Gasteiger partial charge is 0.314 e. The predicted molar refractivity (Wildman–Crippen MR) is 65.3 cm³/mol. The maximum Gasteiger partial charge on any atom is 0.0965 e. The SMILES string of the molecule is CC(CC1CC1)NCC(C)c1nccs1. The minimum absolute atomic E-state index is 0.548. The Labute approximate surface area is 96.1 Å². The zero-order valence-corrected chi connectivity index (χ0v) is 10.4. The van der Waals surface area contributed by atoms with Gasteiger partial charge in [-0.2, -0.15) is 0 Å². The minimum atomic E-state index is 0.548. The molecule has 0 aromatic carbocycles. The van der Waals surface area contributed by atoms with E-state index < -0.39 is 0 Å². The smallest absolute Gasteiger partial charge is 0.0965 e. The van der Waals surface area contributed by atoms with E-state index >= 15 is 0 Å². The van der Waals surface area contributed by atoms with Gasteiger partial charge in [0.2, 0.25) is 0 Å². The first-order chi connectivity index (χ1) is 7.25. The van der Waals surface area contributed by atoms with Gasteiger partial charge >= 0.3 is 0 Å². The van der Waals surface area contributed by atoms with Crippen molar-refractivity contribution in [2.24, 2.45) is 5.92 Å². The summed E-state index contributed by atoms with van der Waals surface area (Å²) in [6, 6.07) is 0.667. The molecule has 1 fully saturated rings. The van der Waals surface area contributed by atoms with Crippen molar-refractivity contribution in [2.75, 3.05) is 6.54 Å². The molecule has 3 heteroatoms. The van der Waals surface area contributed by atoms with Crippen LogP contribution in [0.1, 0.15) is 44.0 Å². The quantitative estimate of drug-likeness (QED) is 0.803. The van der Waals surface area contributed by atoms with Gasteiger partial charge in [0, 0.05) is 30.1 Å². The van der Waals surface area contributed by atoms with Crippen LogP contribution in [0.15, 0.2) is 11.6 Å². The molecule has 2 rings (SSSR count). The molecule has 1 heterocycles. The second kappa shape index (κ2) is 5.08. The van der Waals surface area contributed by atoms with E-state index in [1.54, 1.807) is 11.3 Å². The van der Waals surface area contributed by atoms with E-state index in [2.05, 4.69) is 29.5 Å². The van der Waals surface area contributed by atoms with Crippen molar-refractivity contribution in [3.8, 4) is 0 Å². The van der Waals surface area contributed by atoms with Crippen molar-refractivity contribution < 1.29 is 0 Å². The van der Waals surface area contributed by atoms with Crippen LogP contribution in [-0.4, -0.2) is 17.6 Å². The summed E-state index contributed by atoms with van der Waals surface area (Å²) in [6.45, 7) is 5.60. The van der Waals surface area contributed by atoms with E-state index in [1.807, 2.05) is 6.20 Å². The molecule has 1 aromatic heterocycles. The molecule has 0 saturated heterocycles. The lowest BCUT2D eigenvalue weighted by atomic mass is 10.1. The molecule has 84 valence electrons. The van der Waals surface area contributed by atoms with Gasteiger partial charge in [0.15, 0.2) is 0 Å². The van der Waals surface area contributed by atoms with Crippen molar-refractivity contribution in [3.63, 3.8) is 0 Å². The van der Waals surface area contributed by atoms with Crippen molar-refractivity contribution in [2.45, 2.75) is 45.1 Å². The number of aromatic nitrogens is 1. The second-order valence-corrected chi connectivity index (χ2v) is 5.69. The van der Waals surface area contributed by atoms with Gasteiger partial charge in [-0.1, -0.05) is 19.8 Å². The zero-order chi connectivity index (χ0) is 10.7. The molecule has 1 aliphatic rings. The van der Waals surface area contributed by atoms with Gasteiger partial charge in [0.25, 0.3) is 0 Å². The van der Waals surface area contributed by atoms with Crippen LogP contribution < -0.4 is 5.32 Å². The molecular weight excluding hydrogens is 204 g/mol. The standard InChI is InChI=1S/C12H20N2S/c1-9(12-13-5-6-15-12)8-14-10(2)7-11-3-4-11/h5-6,9-11,14H,3-4,7-8H2,1-2H3. The molecule has 0 aliphatic heterocycles. The third-order valence-electron chi connectivity index (χ3n) is 3.03. The first-order valence-electron chi connectivity index (χ1n) is 5.88. The number of nitrogens with zero attached hydrogens (tertiary/aromatic N) is 1. The number of nitrogens with one attached hydrogen (secondary N) is 1. The summed E-state index contributed by atoms with van der Waals surface area (Å²) < 4.78 is 0. The Morgan fingerprint density at radius 2 is 2.33 bits per heavy atom. The van der Waals surface area contributed by atoms with Crippen LogP contribution in [0.3, 0.4) is 0 Å². The summed E-state index contributed by atoms with van der Waals surface area (Å²) in [4.78, 5) is 4.35. The van der Waals surface area contributed by atoms with Crippen molar-refractivity contribution in [1.29, 1.82) is 0 Å². The maximum absolute atomic E-state index is 4.35. The third-order valence-corrected chi connectivity index (χ3v) is 4.04. The van der Waals surface area contributed by atoms with Crippen LogP contribution in [0.5, 0.6) is 0 Å². The lowest BCUT2D eigenvalue weighted by Gasteiger charge is -2.16. The molecular formula is C12H20N2S. The third kappa shape index (κ3) is 3.58. The molecule has 1 aromatic rings. The van der Waals surface area contributed by atoms with Crippen molar-refractivity contribution in [3.05, 3.63) is 16.6 Å².